The van der Waals surface area contributed by atoms with Crippen LogP contribution < -0.4 is 10.6 Å². The van der Waals surface area contributed by atoms with Gasteiger partial charge in [0, 0.05) is 29.7 Å². The Kier molecular flexibility index (Phi) is 3.38. The van der Waals surface area contributed by atoms with Crippen LogP contribution in [0.25, 0.3) is 10.8 Å². The molecule has 1 aromatic heterocycles. The Morgan fingerprint density at radius 1 is 1.15 bits per heavy atom. The van der Waals surface area contributed by atoms with Crippen molar-refractivity contribution in [2.24, 2.45) is 0 Å². The summed E-state index contributed by atoms with van der Waals surface area (Å²) in [6, 6.07) is 9.17. The molecule has 1 fully saturated rings. The lowest BCUT2D eigenvalue weighted by Gasteiger charge is -2.21. The molecule has 3 nitrogen and oxygen atoms in total. The zero-order valence-corrected chi connectivity index (χ0v) is 12.5. The molecule has 20 heavy (non-hydrogen) atoms. The van der Waals surface area contributed by atoms with Crippen molar-refractivity contribution in [1.82, 2.24) is 10.3 Å². The highest BCUT2D eigenvalue weighted by molar-refractivity contribution is 5.94. The molecule has 0 spiro atoms. The number of pyridine rings is 1. The van der Waals surface area contributed by atoms with Crippen molar-refractivity contribution in [3.8, 4) is 0 Å². The van der Waals surface area contributed by atoms with Gasteiger partial charge in [-0.3, -0.25) is 0 Å². The lowest BCUT2D eigenvalue weighted by Crippen LogP contribution is -2.35. The number of hydrogen-bond acceptors (Lipinski definition) is 3. The van der Waals surface area contributed by atoms with Crippen LogP contribution in [0.3, 0.4) is 0 Å². The summed E-state index contributed by atoms with van der Waals surface area (Å²) in [5, 5.41) is 9.59. The van der Waals surface area contributed by atoms with E-state index in [9.17, 15) is 0 Å². The number of nitrogens with zero attached hydrogens (tertiary/aromatic N) is 1. The summed E-state index contributed by atoms with van der Waals surface area (Å²) in [5.74, 6) is 1.03. The van der Waals surface area contributed by atoms with E-state index >= 15 is 0 Å². The minimum Gasteiger partial charge on any atom is -0.367 e. The molecule has 0 atom stereocenters. The molecule has 106 valence electrons. The molecule has 1 heterocycles. The van der Waals surface area contributed by atoms with Crippen LogP contribution in [0.4, 0.5) is 5.82 Å². The average molecular weight is 269 g/mol. The third kappa shape index (κ3) is 3.10. The quantitative estimate of drug-likeness (QED) is 0.888. The van der Waals surface area contributed by atoms with E-state index in [1.54, 1.807) is 0 Å². The molecule has 1 saturated carbocycles. The Labute approximate surface area is 120 Å². The fourth-order valence-corrected chi connectivity index (χ4v) is 2.29. The van der Waals surface area contributed by atoms with E-state index < -0.39 is 0 Å². The number of anilines is 1. The molecule has 0 unspecified atom stereocenters. The van der Waals surface area contributed by atoms with Crippen molar-refractivity contribution < 1.29 is 0 Å². The van der Waals surface area contributed by atoms with Crippen LogP contribution in [0, 0.1) is 0 Å². The van der Waals surface area contributed by atoms with Gasteiger partial charge in [0.15, 0.2) is 0 Å². The molecule has 1 aliphatic carbocycles. The van der Waals surface area contributed by atoms with Crippen molar-refractivity contribution in [2.45, 2.75) is 51.7 Å². The third-order valence-electron chi connectivity index (χ3n) is 3.60. The van der Waals surface area contributed by atoms with Gasteiger partial charge in [-0.05, 0) is 44.6 Å². The van der Waals surface area contributed by atoms with Crippen LogP contribution in [0.2, 0.25) is 0 Å². The SMILES string of the molecule is CC(C)(C)NCc1cnc(NC2CC2)c2ccccc12. The van der Waals surface area contributed by atoms with E-state index in [1.807, 2.05) is 6.20 Å². The predicted molar refractivity (Wildman–Crippen MR) is 85.0 cm³/mol. The lowest BCUT2D eigenvalue weighted by atomic mass is 10.0. The van der Waals surface area contributed by atoms with E-state index in [1.165, 1.54) is 29.2 Å². The zero-order valence-electron chi connectivity index (χ0n) is 12.5. The first-order valence-corrected chi connectivity index (χ1v) is 7.41. The minimum absolute atomic E-state index is 0.117. The van der Waals surface area contributed by atoms with Gasteiger partial charge in [0.25, 0.3) is 0 Å². The number of aromatic nitrogens is 1. The van der Waals surface area contributed by atoms with Gasteiger partial charge in [0.05, 0.1) is 0 Å². The van der Waals surface area contributed by atoms with Crippen molar-refractivity contribution in [3.05, 3.63) is 36.0 Å². The van der Waals surface area contributed by atoms with E-state index in [2.05, 4.69) is 60.7 Å². The summed E-state index contributed by atoms with van der Waals surface area (Å²) in [6.45, 7) is 7.41. The summed E-state index contributed by atoms with van der Waals surface area (Å²) < 4.78 is 0. The first-order chi connectivity index (χ1) is 9.53. The Balaban J connectivity index is 1.93. The zero-order chi connectivity index (χ0) is 14.2. The topological polar surface area (TPSA) is 37.0 Å². The van der Waals surface area contributed by atoms with Gasteiger partial charge in [-0.2, -0.15) is 0 Å². The van der Waals surface area contributed by atoms with Crippen LogP contribution in [0.15, 0.2) is 30.5 Å². The second-order valence-electron chi connectivity index (χ2n) is 6.70. The summed E-state index contributed by atoms with van der Waals surface area (Å²) in [5.41, 5.74) is 1.38. The van der Waals surface area contributed by atoms with E-state index in [-0.39, 0.29) is 5.54 Å². The van der Waals surface area contributed by atoms with Gasteiger partial charge >= 0.3 is 0 Å². The molecule has 1 aliphatic rings. The maximum Gasteiger partial charge on any atom is 0.134 e. The molecule has 0 amide bonds. The fraction of sp³-hybridized carbons (Fsp3) is 0.471. The van der Waals surface area contributed by atoms with Crippen molar-refractivity contribution in [2.75, 3.05) is 5.32 Å². The number of fused-ring (bicyclic) bond motifs is 1. The largest absolute Gasteiger partial charge is 0.367 e. The monoisotopic (exact) mass is 269 g/mol. The van der Waals surface area contributed by atoms with Gasteiger partial charge in [-0.15, -0.1) is 0 Å². The van der Waals surface area contributed by atoms with Gasteiger partial charge < -0.3 is 10.6 Å². The second-order valence-corrected chi connectivity index (χ2v) is 6.70. The number of hydrogen-bond donors (Lipinski definition) is 2. The highest BCUT2D eigenvalue weighted by Crippen LogP contribution is 2.29. The molecule has 0 saturated heterocycles. The van der Waals surface area contributed by atoms with Crippen molar-refractivity contribution in [1.29, 1.82) is 0 Å². The molecule has 2 aromatic rings. The van der Waals surface area contributed by atoms with Gasteiger partial charge in [-0.1, -0.05) is 24.3 Å². The normalized spacial score (nSPS) is 15.6. The van der Waals surface area contributed by atoms with Gasteiger partial charge in [0.1, 0.15) is 5.82 Å². The van der Waals surface area contributed by atoms with Crippen LogP contribution in [0.5, 0.6) is 0 Å². The van der Waals surface area contributed by atoms with Crippen LogP contribution in [-0.2, 0) is 6.54 Å². The Morgan fingerprint density at radius 2 is 1.85 bits per heavy atom. The lowest BCUT2D eigenvalue weighted by molar-refractivity contribution is 0.425. The van der Waals surface area contributed by atoms with Crippen LogP contribution >= 0.6 is 0 Å². The van der Waals surface area contributed by atoms with E-state index in [4.69, 9.17) is 0 Å². The van der Waals surface area contributed by atoms with Crippen molar-refractivity contribution in [3.63, 3.8) is 0 Å². The summed E-state index contributed by atoms with van der Waals surface area (Å²) in [7, 11) is 0. The standard InChI is InChI=1S/C17H23N3/c1-17(2,3)19-11-12-10-18-16(20-13-8-9-13)15-7-5-4-6-14(12)15/h4-7,10,13,19H,8-9,11H2,1-3H3,(H,18,20). The average Bonchev–Trinajstić information content (AvgIpc) is 3.21. The molecule has 3 rings (SSSR count). The first kappa shape index (κ1) is 13.4. The summed E-state index contributed by atoms with van der Waals surface area (Å²) in [4.78, 5) is 4.64. The second kappa shape index (κ2) is 5.06. The third-order valence-corrected chi connectivity index (χ3v) is 3.60. The van der Waals surface area contributed by atoms with Gasteiger partial charge in [-0.25, -0.2) is 4.98 Å². The molecule has 1 aromatic carbocycles. The minimum atomic E-state index is 0.117. The Bertz CT molecular complexity index is 609. The predicted octanol–water partition coefficient (Wildman–Crippen LogP) is 3.70. The Morgan fingerprint density at radius 3 is 2.50 bits per heavy atom. The Hall–Kier alpha value is -1.61. The van der Waals surface area contributed by atoms with Crippen LogP contribution in [0.1, 0.15) is 39.2 Å². The van der Waals surface area contributed by atoms with Crippen molar-refractivity contribution >= 4 is 16.6 Å². The molecule has 2 N–H and O–H groups in total. The van der Waals surface area contributed by atoms with Crippen LogP contribution in [-0.4, -0.2) is 16.6 Å². The highest BCUT2D eigenvalue weighted by Gasteiger charge is 2.22. The molecule has 0 radical (unpaired) electrons. The first-order valence-electron chi connectivity index (χ1n) is 7.41. The van der Waals surface area contributed by atoms with E-state index in [0.29, 0.717) is 6.04 Å². The van der Waals surface area contributed by atoms with E-state index in [0.717, 1.165) is 12.4 Å². The maximum absolute atomic E-state index is 4.64. The number of nitrogens with one attached hydrogen (secondary N) is 2. The summed E-state index contributed by atoms with van der Waals surface area (Å²) >= 11 is 0. The molecule has 0 bridgehead atoms. The molecular formula is C17H23N3. The maximum atomic E-state index is 4.64. The molecular weight excluding hydrogens is 246 g/mol. The smallest absolute Gasteiger partial charge is 0.134 e. The highest BCUT2D eigenvalue weighted by atomic mass is 15.0. The molecule has 3 heteroatoms. The summed E-state index contributed by atoms with van der Waals surface area (Å²) in [6.07, 6.45) is 4.54. The number of rotatable bonds is 4. The number of benzene rings is 1. The molecule has 0 aliphatic heterocycles. The van der Waals surface area contributed by atoms with Gasteiger partial charge in [0.2, 0.25) is 0 Å². The fourth-order valence-electron chi connectivity index (χ4n) is 2.29.